The predicted octanol–water partition coefficient (Wildman–Crippen LogP) is 4.65. The molecule has 1 amide bonds. The molecule has 0 fully saturated rings. The number of rotatable bonds is 6. The summed E-state index contributed by atoms with van der Waals surface area (Å²) in [5.41, 5.74) is 2.27. The third-order valence-corrected chi connectivity index (χ3v) is 6.14. The lowest BCUT2D eigenvalue weighted by Crippen LogP contribution is -2.26. The van der Waals surface area contributed by atoms with Crippen LogP contribution in [0.2, 0.25) is 0 Å². The number of thiazole rings is 1. The lowest BCUT2D eigenvalue weighted by Gasteiger charge is -2.17. The van der Waals surface area contributed by atoms with Gasteiger partial charge in [0, 0.05) is 36.3 Å². The minimum atomic E-state index is -0.490. The number of aromatic nitrogens is 1. The number of carbonyl (C=O) groups is 1. The molecule has 146 valence electrons. The standard InChI is InChI=1S/C20H16N4O3S2/c1-13-12-28-20(22-13)29-18-7-6-16(9-17(18)24(26)27)19(25)23(2)11-15-5-3-4-14(8-15)10-21/h3-9,12H,11H2,1-2H3. The second-order valence-corrected chi connectivity index (χ2v) is 8.42. The van der Waals surface area contributed by atoms with Gasteiger partial charge in [0.05, 0.1) is 21.5 Å². The highest BCUT2D eigenvalue weighted by molar-refractivity contribution is 8.01. The Kier molecular flexibility index (Phi) is 6.26. The average Bonchev–Trinajstić information content (AvgIpc) is 3.12. The Labute approximate surface area is 175 Å². The molecule has 0 atom stereocenters. The molecule has 29 heavy (non-hydrogen) atoms. The SMILES string of the molecule is Cc1csc(Sc2ccc(C(=O)N(C)Cc3cccc(C#N)c3)cc2[N+](=O)[O-])n1. The summed E-state index contributed by atoms with van der Waals surface area (Å²) < 4.78 is 0.708. The van der Waals surface area contributed by atoms with Crippen LogP contribution in [-0.4, -0.2) is 27.8 Å². The summed E-state index contributed by atoms with van der Waals surface area (Å²) in [6, 6.07) is 13.5. The molecule has 0 radical (unpaired) electrons. The molecule has 7 nitrogen and oxygen atoms in total. The maximum atomic E-state index is 12.8. The van der Waals surface area contributed by atoms with E-state index in [-0.39, 0.29) is 23.7 Å². The van der Waals surface area contributed by atoms with Crippen molar-refractivity contribution in [2.75, 3.05) is 7.05 Å². The Morgan fingerprint density at radius 1 is 1.34 bits per heavy atom. The van der Waals surface area contributed by atoms with Crippen molar-refractivity contribution in [3.8, 4) is 6.07 Å². The maximum Gasteiger partial charge on any atom is 0.284 e. The first-order valence-corrected chi connectivity index (χ1v) is 10.2. The topological polar surface area (TPSA) is 100 Å². The van der Waals surface area contributed by atoms with Crippen molar-refractivity contribution in [2.45, 2.75) is 22.7 Å². The van der Waals surface area contributed by atoms with E-state index in [0.717, 1.165) is 11.3 Å². The van der Waals surface area contributed by atoms with E-state index in [2.05, 4.69) is 11.1 Å². The van der Waals surface area contributed by atoms with Crippen molar-refractivity contribution in [3.63, 3.8) is 0 Å². The van der Waals surface area contributed by atoms with Gasteiger partial charge >= 0.3 is 0 Å². The number of carbonyl (C=O) groups excluding carboxylic acids is 1. The summed E-state index contributed by atoms with van der Waals surface area (Å²) in [6.07, 6.45) is 0. The first kappa shape index (κ1) is 20.5. The summed E-state index contributed by atoms with van der Waals surface area (Å²) in [7, 11) is 1.62. The normalized spacial score (nSPS) is 10.4. The van der Waals surface area contributed by atoms with Gasteiger partial charge in [-0.05, 0) is 36.8 Å². The molecule has 0 N–H and O–H groups in total. The van der Waals surface area contributed by atoms with Crippen LogP contribution in [0.5, 0.6) is 0 Å². The Morgan fingerprint density at radius 2 is 2.14 bits per heavy atom. The van der Waals surface area contributed by atoms with E-state index in [1.807, 2.05) is 18.4 Å². The van der Waals surface area contributed by atoms with Gasteiger partial charge < -0.3 is 4.90 Å². The molecular weight excluding hydrogens is 408 g/mol. The second kappa shape index (κ2) is 8.86. The van der Waals surface area contributed by atoms with E-state index >= 15 is 0 Å². The van der Waals surface area contributed by atoms with Crippen molar-refractivity contribution < 1.29 is 9.72 Å². The van der Waals surface area contributed by atoms with Crippen LogP contribution in [0, 0.1) is 28.4 Å². The zero-order valence-electron chi connectivity index (χ0n) is 15.7. The highest BCUT2D eigenvalue weighted by Crippen LogP contribution is 2.37. The van der Waals surface area contributed by atoms with E-state index in [0.29, 0.717) is 14.8 Å². The number of aryl methyl sites for hydroxylation is 1. The Hall–Kier alpha value is -3.22. The fourth-order valence-corrected chi connectivity index (χ4v) is 4.54. The quantitative estimate of drug-likeness (QED) is 0.422. The minimum absolute atomic E-state index is 0.131. The molecule has 0 saturated carbocycles. The molecule has 0 aliphatic heterocycles. The summed E-state index contributed by atoms with van der Waals surface area (Å²) in [4.78, 5) is 30.0. The number of nitrogens with zero attached hydrogens (tertiary/aromatic N) is 4. The van der Waals surface area contributed by atoms with Crippen LogP contribution in [0.3, 0.4) is 0 Å². The van der Waals surface area contributed by atoms with Crippen molar-refractivity contribution in [1.29, 1.82) is 5.26 Å². The second-order valence-electron chi connectivity index (χ2n) is 6.27. The van der Waals surface area contributed by atoms with Crippen molar-refractivity contribution >= 4 is 34.7 Å². The predicted molar refractivity (Wildman–Crippen MR) is 111 cm³/mol. The fourth-order valence-electron chi connectivity index (χ4n) is 2.66. The van der Waals surface area contributed by atoms with Gasteiger partial charge in [-0.25, -0.2) is 4.98 Å². The van der Waals surface area contributed by atoms with Gasteiger partial charge in [-0.1, -0.05) is 23.9 Å². The van der Waals surface area contributed by atoms with Crippen LogP contribution in [0.4, 0.5) is 5.69 Å². The van der Waals surface area contributed by atoms with Crippen LogP contribution < -0.4 is 0 Å². The summed E-state index contributed by atoms with van der Waals surface area (Å²) in [5, 5.41) is 22.4. The minimum Gasteiger partial charge on any atom is -0.337 e. The number of nitro benzene ring substituents is 1. The van der Waals surface area contributed by atoms with Crippen LogP contribution in [0.15, 0.2) is 57.1 Å². The van der Waals surface area contributed by atoms with Crippen molar-refractivity contribution in [3.05, 3.63) is 80.3 Å². The van der Waals surface area contributed by atoms with Crippen molar-refractivity contribution in [2.24, 2.45) is 0 Å². The molecule has 0 aliphatic carbocycles. The fraction of sp³-hybridized carbons (Fsp3) is 0.150. The van der Waals surface area contributed by atoms with E-state index in [4.69, 9.17) is 5.26 Å². The highest BCUT2D eigenvalue weighted by Gasteiger charge is 2.21. The third-order valence-electron chi connectivity index (χ3n) is 4.02. The zero-order chi connectivity index (χ0) is 21.0. The van der Waals surface area contributed by atoms with E-state index in [1.165, 1.54) is 34.1 Å². The Balaban J connectivity index is 1.82. The van der Waals surface area contributed by atoms with Crippen LogP contribution >= 0.6 is 23.1 Å². The molecule has 0 unspecified atom stereocenters. The number of hydrogen-bond acceptors (Lipinski definition) is 7. The molecule has 3 aromatic rings. The van der Waals surface area contributed by atoms with Crippen LogP contribution in [-0.2, 0) is 6.54 Å². The number of nitriles is 1. The van der Waals surface area contributed by atoms with Gasteiger partial charge in [0.2, 0.25) is 0 Å². The van der Waals surface area contributed by atoms with Gasteiger partial charge in [0.25, 0.3) is 11.6 Å². The summed E-state index contributed by atoms with van der Waals surface area (Å²) >= 11 is 2.62. The molecular formula is C20H16N4O3S2. The largest absolute Gasteiger partial charge is 0.337 e. The Bertz CT molecular complexity index is 1120. The number of nitro groups is 1. The number of amides is 1. The number of hydrogen-bond donors (Lipinski definition) is 0. The molecule has 1 aromatic heterocycles. The molecule has 1 heterocycles. The molecule has 0 spiro atoms. The highest BCUT2D eigenvalue weighted by atomic mass is 32.2. The molecule has 0 bridgehead atoms. The molecule has 9 heteroatoms. The van der Waals surface area contributed by atoms with Gasteiger partial charge in [0.15, 0.2) is 4.34 Å². The lowest BCUT2D eigenvalue weighted by atomic mass is 10.1. The van der Waals surface area contributed by atoms with Crippen molar-refractivity contribution in [1.82, 2.24) is 9.88 Å². The molecule has 3 rings (SSSR count). The van der Waals surface area contributed by atoms with E-state index in [1.54, 1.807) is 37.4 Å². The molecule has 2 aromatic carbocycles. The summed E-state index contributed by atoms with van der Waals surface area (Å²) in [5.74, 6) is -0.336. The van der Waals surface area contributed by atoms with Crippen LogP contribution in [0.1, 0.15) is 27.2 Å². The van der Waals surface area contributed by atoms with Gasteiger partial charge in [-0.15, -0.1) is 11.3 Å². The third kappa shape index (κ3) is 4.99. The average molecular weight is 425 g/mol. The molecule has 0 saturated heterocycles. The molecule has 0 aliphatic rings. The van der Waals surface area contributed by atoms with Gasteiger partial charge in [0.1, 0.15) is 0 Å². The van der Waals surface area contributed by atoms with E-state index in [9.17, 15) is 14.9 Å². The zero-order valence-corrected chi connectivity index (χ0v) is 17.3. The maximum absolute atomic E-state index is 12.8. The lowest BCUT2D eigenvalue weighted by molar-refractivity contribution is -0.387. The Morgan fingerprint density at radius 3 is 2.79 bits per heavy atom. The number of benzene rings is 2. The first-order chi connectivity index (χ1) is 13.9. The van der Waals surface area contributed by atoms with Gasteiger partial charge in [-0.2, -0.15) is 5.26 Å². The van der Waals surface area contributed by atoms with Gasteiger partial charge in [-0.3, -0.25) is 14.9 Å². The van der Waals surface area contributed by atoms with Crippen LogP contribution in [0.25, 0.3) is 0 Å². The van der Waals surface area contributed by atoms with E-state index < -0.39 is 4.92 Å². The first-order valence-electron chi connectivity index (χ1n) is 8.50. The smallest absolute Gasteiger partial charge is 0.284 e. The monoisotopic (exact) mass is 424 g/mol. The summed E-state index contributed by atoms with van der Waals surface area (Å²) in [6.45, 7) is 2.15.